The van der Waals surface area contributed by atoms with Crippen molar-refractivity contribution >= 4 is 11.9 Å². The zero-order chi connectivity index (χ0) is 73.0. The van der Waals surface area contributed by atoms with Crippen molar-refractivity contribution < 1.29 is 34.4 Å². The second kappa shape index (κ2) is 109. The first-order valence-electron chi connectivity index (χ1n) is 40.9. The van der Waals surface area contributed by atoms with Gasteiger partial charge in [-0.2, -0.15) is 0 Å². The van der Waals surface area contributed by atoms with Gasteiger partial charge >= 0.3 is 11.9 Å². The molecule has 0 aromatic rings. The van der Waals surface area contributed by atoms with Crippen LogP contribution < -0.4 is 0 Å². The first-order chi connectivity index (χ1) is 44.3. The van der Waals surface area contributed by atoms with E-state index in [2.05, 4.69) is 177 Å². The summed E-state index contributed by atoms with van der Waals surface area (Å²) >= 11 is 0. The summed E-state index contributed by atoms with van der Waals surface area (Å²) in [5, 5.41) is 29.4. The van der Waals surface area contributed by atoms with Gasteiger partial charge in [-0.25, -0.2) is 0 Å². The number of carbonyl (C=O) groups is 2. The van der Waals surface area contributed by atoms with Crippen LogP contribution in [0.25, 0.3) is 0 Å². The summed E-state index contributed by atoms with van der Waals surface area (Å²) in [6.45, 7) is 57.5. The average Bonchev–Trinajstić information content (AvgIpc) is 0.839. The lowest BCUT2D eigenvalue weighted by molar-refractivity contribution is -0.144. The summed E-state index contributed by atoms with van der Waals surface area (Å²) in [5.74, 6) is 4.98. The molecule has 0 saturated heterocycles. The van der Waals surface area contributed by atoms with Gasteiger partial charge in [0.1, 0.15) is 0 Å². The van der Waals surface area contributed by atoms with Crippen LogP contribution in [-0.2, 0) is 19.1 Å². The van der Waals surface area contributed by atoms with Gasteiger partial charge in [0.2, 0.25) is 0 Å². The molecular formula is C94H212O7. The molecule has 0 radical (unpaired) electrons. The van der Waals surface area contributed by atoms with E-state index in [9.17, 15) is 24.9 Å². The third kappa shape index (κ3) is 107. The van der Waals surface area contributed by atoms with E-state index in [1.165, 1.54) is 193 Å². The second-order valence-electron chi connectivity index (χ2n) is 28.7. The third-order valence-electron chi connectivity index (χ3n) is 18.9. The van der Waals surface area contributed by atoms with Crippen LogP contribution in [0.1, 0.15) is 503 Å². The molecule has 0 bridgehead atoms. The average molecular weight is 1450 g/mol. The van der Waals surface area contributed by atoms with Crippen molar-refractivity contribution in [2.75, 3.05) is 13.2 Å². The standard InChI is InChI=1S/2C12H24O.C10H20O.C8H16O2.C8H18.C7H14O2.C7H16.C6H14.C6H12.C5H12.C5H10.8CH4/c1-5-9(2)10-6-7-12(3,4)11(13)8-10;1-5-9(2)11-6-7-12(4,13)10(3)8-11;1-3-4-9-5-6-10(11)8(2)7-9;1-3-5-7-10-8(9)6-4-2;1-3-5-7-8-6-4-2;1-3-5-6-9-7(8)4-2;1-3-5-7-6-4-2;2*1-3-5-6-4-2;2*1-3-5-4-2;;;;;;;;/h2*9-11,13H,5-8H2,1-4H3;8-11H,3-7H2,1-2H3;3-7H2,1-2H3;3-8H2,1-2H3;3-6H2,1-2H3;3-7H2,1-2H3;3-6H2,1-2H3;3,5H,4,6H2,1-2H3;3-5H2,1-2H3;3,5H,4H2,1-2H3;8*1H4/b;;;;;;;;5-3+;;;;;;;;;;. The molecule has 0 aromatic heterocycles. The van der Waals surface area contributed by atoms with Crippen LogP contribution in [-0.4, -0.2) is 58.3 Å². The Hall–Kier alpha value is -1.70. The van der Waals surface area contributed by atoms with Gasteiger partial charge in [-0.15, -0.1) is 0 Å². The lowest BCUT2D eigenvalue weighted by atomic mass is 9.67. The monoisotopic (exact) mass is 1450 g/mol. The van der Waals surface area contributed by atoms with Crippen molar-refractivity contribution in [1.82, 2.24) is 0 Å². The van der Waals surface area contributed by atoms with Gasteiger partial charge < -0.3 is 24.8 Å². The summed E-state index contributed by atoms with van der Waals surface area (Å²) in [6.07, 6.45) is 58.8. The molecule has 101 heavy (non-hydrogen) atoms. The van der Waals surface area contributed by atoms with Gasteiger partial charge in [0.05, 0.1) is 31.0 Å². The first kappa shape index (κ1) is 138. The Labute approximate surface area is 647 Å². The highest BCUT2D eigenvalue weighted by Gasteiger charge is 2.37. The highest BCUT2D eigenvalue weighted by atomic mass is 16.5. The van der Waals surface area contributed by atoms with Crippen LogP contribution in [0.5, 0.6) is 0 Å². The van der Waals surface area contributed by atoms with Gasteiger partial charge in [0.25, 0.3) is 0 Å². The minimum atomic E-state index is -0.399. The minimum absolute atomic E-state index is 0. The van der Waals surface area contributed by atoms with Crippen LogP contribution in [0, 0.1) is 46.8 Å². The van der Waals surface area contributed by atoms with Crippen LogP contribution in [0.2, 0.25) is 0 Å². The molecule has 3 aliphatic rings. The molecule has 3 fully saturated rings. The maximum atomic E-state index is 10.7. The van der Waals surface area contributed by atoms with Gasteiger partial charge in [0.15, 0.2) is 0 Å². The quantitative estimate of drug-likeness (QED) is 0.0349. The Morgan fingerprint density at radius 3 is 1.11 bits per heavy atom. The number of allylic oxidation sites excluding steroid dienone is 4. The number of esters is 2. The Morgan fingerprint density at radius 1 is 0.446 bits per heavy atom. The summed E-state index contributed by atoms with van der Waals surface area (Å²) in [6, 6.07) is 0. The fraction of sp³-hybridized carbons (Fsp3) is 0.936. The van der Waals surface area contributed by atoms with E-state index in [-0.39, 0.29) is 89.0 Å². The second-order valence-corrected chi connectivity index (χ2v) is 28.7. The topological polar surface area (TPSA) is 113 Å². The number of unbranched alkanes of at least 4 members (excludes halogenated alkanes) is 17. The Morgan fingerprint density at radius 2 is 0.822 bits per heavy atom. The van der Waals surface area contributed by atoms with Gasteiger partial charge in [0, 0.05) is 12.8 Å². The number of hydrogen-bond acceptors (Lipinski definition) is 7. The van der Waals surface area contributed by atoms with Gasteiger partial charge in [-0.3, -0.25) is 9.59 Å². The summed E-state index contributed by atoms with van der Waals surface area (Å²) in [4.78, 5) is 21.2. The largest absolute Gasteiger partial charge is 0.466 e. The molecule has 3 rings (SSSR count). The molecule has 10 unspecified atom stereocenters. The molecule has 0 amide bonds. The van der Waals surface area contributed by atoms with E-state index in [0.717, 1.165) is 87.4 Å². The molecule has 7 heteroatoms. The molecule has 0 heterocycles. The van der Waals surface area contributed by atoms with Crippen LogP contribution >= 0.6 is 0 Å². The maximum absolute atomic E-state index is 10.7. The van der Waals surface area contributed by atoms with E-state index in [4.69, 9.17) is 9.47 Å². The highest BCUT2D eigenvalue weighted by Crippen LogP contribution is 2.42. The molecule has 7 nitrogen and oxygen atoms in total. The third-order valence-corrected chi connectivity index (χ3v) is 18.9. The smallest absolute Gasteiger partial charge is 0.305 e. The van der Waals surface area contributed by atoms with E-state index in [1.807, 2.05) is 20.8 Å². The predicted octanol–water partition coefficient (Wildman–Crippen LogP) is 33.4. The predicted molar refractivity (Wildman–Crippen MR) is 475 cm³/mol. The van der Waals surface area contributed by atoms with Crippen molar-refractivity contribution in [2.24, 2.45) is 46.8 Å². The lowest BCUT2D eigenvalue weighted by Crippen LogP contribution is -2.39. The van der Waals surface area contributed by atoms with Crippen molar-refractivity contribution in [3.63, 3.8) is 0 Å². The zero-order valence-corrected chi connectivity index (χ0v) is 68.9. The highest BCUT2D eigenvalue weighted by molar-refractivity contribution is 5.69. The number of ether oxygens (including phenoxy) is 2. The van der Waals surface area contributed by atoms with E-state index in [0.29, 0.717) is 37.9 Å². The lowest BCUT2D eigenvalue weighted by Gasteiger charge is -2.41. The fourth-order valence-electron chi connectivity index (χ4n) is 10.9. The van der Waals surface area contributed by atoms with E-state index < -0.39 is 5.60 Å². The zero-order valence-electron chi connectivity index (χ0n) is 68.9. The number of rotatable bonds is 32. The summed E-state index contributed by atoms with van der Waals surface area (Å²) in [7, 11) is 0. The maximum Gasteiger partial charge on any atom is 0.305 e. The Kier molecular flexibility index (Phi) is 150. The molecular weight excluding hydrogens is 1240 g/mol. The SMILES string of the molecule is C.C.C.C.C.C.C.C.C/C=C/CCC.CC=CCC.CCC(C)C1CCC(C)(C)C(O)C1.CCC(C)C1CCC(C)(O)C(C)C1.CCCC1CCC(O)C(C)C1.CCCCC.CCCCCC.CCCCCCC.CCCCCCCC.CCCCOC(=O)CC.CCCCOC(=O)CCC. The van der Waals surface area contributed by atoms with Crippen LogP contribution in [0.4, 0.5) is 0 Å². The number of aliphatic hydroxyl groups excluding tert-OH is 2. The van der Waals surface area contributed by atoms with Crippen LogP contribution in [0.3, 0.4) is 0 Å². The molecule has 0 aliphatic heterocycles. The molecule has 3 aliphatic carbocycles. The van der Waals surface area contributed by atoms with Crippen molar-refractivity contribution in [2.45, 2.75) is 520 Å². The van der Waals surface area contributed by atoms with Crippen molar-refractivity contribution in [3.8, 4) is 0 Å². The van der Waals surface area contributed by atoms with Crippen LogP contribution in [0.15, 0.2) is 24.3 Å². The molecule has 0 aromatic carbocycles. The van der Waals surface area contributed by atoms with Crippen molar-refractivity contribution in [1.29, 1.82) is 0 Å². The first-order valence-corrected chi connectivity index (χ1v) is 40.9. The van der Waals surface area contributed by atoms with Crippen molar-refractivity contribution in [3.05, 3.63) is 24.3 Å². The molecule has 3 N–H and O–H groups in total. The van der Waals surface area contributed by atoms with Gasteiger partial charge in [-0.05, 0) is 158 Å². The fourth-order valence-corrected chi connectivity index (χ4v) is 10.9. The Bertz CT molecular complexity index is 1390. The van der Waals surface area contributed by atoms with E-state index in [1.54, 1.807) is 6.92 Å². The number of carbonyl (C=O) groups excluding carboxylic acids is 2. The molecule has 10 atom stereocenters. The van der Waals surface area contributed by atoms with E-state index >= 15 is 0 Å². The minimum Gasteiger partial charge on any atom is -0.466 e. The number of aliphatic hydroxyl groups is 3. The molecule has 630 valence electrons. The van der Waals surface area contributed by atoms with Gasteiger partial charge in [-0.1, -0.05) is 403 Å². The molecule has 3 saturated carbocycles. The normalized spacial score (nSPS) is 19.6. The summed E-state index contributed by atoms with van der Waals surface area (Å²) < 4.78 is 9.68. The summed E-state index contributed by atoms with van der Waals surface area (Å²) in [5.41, 5.74) is -0.242. The molecule has 0 spiro atoms. The number of hydrogen-bond donors (Lipinski definition) is 3. The Balaban J connectivity index is -0.0000000565.